The summed E-state index contributed by atoms with van der Waals surface area (Å²) in [6, 6.07) is 20.1. The molecular formula is C22H20N2O2S2. The Hall–Kier alpha value is -2.70. The molecule has 0 spiro atoms. The Morgan fingerprint density at radius 1 is 1.11 bits per heavy atom. The molecule has 2 aromatic heterocycles. The van der Waals surface area contributed by atoms with Gasteiger partial charge in [0.05, 0.1) is 17.7 Å². The van der Waals surface area contributed by atoms with Crippen LogP contribution in [0.15, 0.2) is 70.9 Å². The zero-order chi connectivity index (χ0) is 19.3. The van der Waals surface area contributed by atoms with E-state index in [0.717, 1.165) is 33.2 Å². The van der Waals surface area contributed by atoms with Gasteiger partial charge in [-0.3, -0.25) is 4.79 Å². The van der Waals surface area contributed by atoms with Crippen molar-refractivity contribution >= 4 is 39.9 Å². The molecule has 0 aliphatic rings. The van der Waals surface area contributed by atoms with Crippen LogP contribution in [0.1, 0.15) is 9.67 Å². The zero-order valence-corrected chi connectivity index (χ0v) is 17.0. The number of amides is 1. The molecule has 0 bridgehead atoms. The van der Waals surface area contributed by atoms with E-state index in [0.29, 0.717) is 6.54 Å². The summed E-state index contributed by atoms with van der Waals surface area (Å²) in [5.74, 6) is 1.62. The monoisotopic (exact) mass is 408 g/mol. The third kappa shape index (κ3) is 3.93. The molecule has 6 heteroatoms. The van der Waals surface area contributed by atoms with E-state index in [4.69, 9.17) is 4.74 Å². The van der Waals surface area contributed by atoms with Gasteiger partial charge in [-0.05, 0) is 47.3 Å². The van der Waals surface area contributed by atoms with Crippen molar-refractivity contribution in [3.63, 3.8) is 0 Å². The number of nitrogens with one attached hydrogen (secondary N) is 2. The first-order chi connectivity index (χ1) is 13.8. The lowest BCUT2D eigenvalue weighted by atomic mass is 10.1. The first kappa shape index (κ1) is 18.7. The maximum atomic E-state index is 12.1. The van der Waals surface area contributed by atoms with Crippen LogP contribution in [0.2, 0.25) is 0 Å². The minimum absolute atomic E-state index is 0.00935. The van der Waals surface area contributed by atoms with Crippen molar-refractivity contribution in [2.45, 2.75) is 4.90 Å². The van der Waals surface area contributed by atoms with Crippen molar-refractivity contribution in [1.29, 1.82) is 0 Å². The first-order valence-electron chi connectivity index (χ1n) is 8.96. The lowest BCUT2D eigenvalue weighted by Crippen LogP contribution is -2.24. The standard InChI is InChI=1S/C22H20N2O2S2/c1-26-16-10-8-15(9-11-16)20-21(17-5-2-3-6-18(17)24-20)28-14-12-23-22(25)19-7-4-13-27-19/h2-11,13,24H,12,14H2,1H3,(H,23,25). The number of rotatable bonds is 7. The van der Waals surface area contributed by atoms with Crippen LogP contribution in [0.25, 0.3) is 22.2 Å². The number of aromatic amines is 1. The van der Waals surface area contributed by atoms with E-state index in [2.05, 4.69) is 40.6 Å². The van der Waals surface area contributed by atoms with Crippen LogP contribution in [0.4, 0.5) is 0 Å². The molecule has 4 nitrogen and oxygen atoms in total. The molecule has 0 atom stereocenters. The number of benzene rings is 2. The highest BCUT2D eigenvalue weighted by Crippen LogP contribution is 2.38. The lowest BCUT2D eigenvalue weighted by molar-refractivity contribution is 0.0960. The summed E-state index contributed by atoms with van der Waals surface area (Å²) >= 11 is 3.21. The van der Waals surface area contributed by atoms with Gasteiger partial charge in [0.2, 0.25) is 0 Å². The number of methoxy groups -OCH3 is 1. The molecule has 0 unspecified atom stereocenters. The number of hydrogen-bond donors (Lipinski definition) is 2. The van der Waals surface area contributed by atoms with Gasteiger partial charge in [-0.1, -0.05) is 24.3 Å². The Morgan fingerprint density at radius 3 is 2.68 bits per heavy atom. The van der Waals surface area contributed by atoms with E-state index in [-0.39, 0.29) is 5.91 Å². The molecule has 4 aromatic rings. The van der Waals surface area contributed by atoms with Crippen molar-refractivity contribution in [2.75, 3.05) is 19.4 Å². The Labute approximate surface area is 171 Å². The summed E-state index contributed by atoms with van der Waals surface area (Å²) in [5.41, 5.74) is 3.32. The quantitative estimate of drug-likeness (QED) is 0.317. The number of aromatic nitrogens is 1. The molecule has 1 amide bonds. The number of carbonyl (C=O) groups is 1. The van der Waals surface area contributed by atoms with Gasteiger partial charge in [0, 0.05) is 28.1 Å². The summed E-state index contributed by atoms with van der Waals surface area (Å²) in [7, 11) is 1.67. The molecular weight excluding hydrogens is 388 g/mol. The molecule has 0 aliphatic heterocycles. The summed E-state index contributed by atoms with van der Waals surface area (Å²) in [5, 5.41) is 6.10. The minimum atomic E-state index is -0.00935. The fourth-order valence-corrected chi connectivity index (χ4v) is 4.73. The van der Waals surface area contributed by atoms with Gasteiger partial charge in [-0.25, -0.2) is 0 Å². The number of thiophene rings is 1. The minimum Gasteiger partial charge on any atom is -0.497 e. The molecule has 0 aliphatic carbocycles. The molecule has 2 N–H and O–H groups in total. The number of H-pyrrole nitrogens is 1. The van der Waals surface area contributed by atoms with Crippen LogP contribution in [0.5, 0.6) is 5.75 Å². The van der Waals surface area contributed by atoms with Crippen LogP contribution < -0.4 is 10.1 Å². The Morgan fingerprint density at radius 2 is 1.93 bits per heavy atom. The predicted octanol–water partition coefficient (Wildman–Crippen LogP) is 5.43. The molecule has 2 heterocycles. The average Bonchev–Trinajstić information content (AvgIpc) is 3.39. The SMILES string of the molecule is COc1ccc(-c2[nH]c3ccccc3c2SCCNC(=O)c2cccs2)cc1. The number of fused-ring (bicyclic) bond motifs is 1. The maximum absolute atomic E-state index is 12.1. The predicted molar refractivity (Wildman–Crippen MR) is 118 cm³/mol. The van der Waals surface area contributed by atoms with Crippen molar-refractivity contribution in [2.24, 2.45) is 0 Å². The smallest absolute Gasteiger partial charge is 0.261 e. The van der Waals surface area contributed by atoms with Crippen LogP contribution in [-0.4, -0.2) is 30.3 Å². The van der Waals surface area contributed by atoms with Crippen LogP contribution in [0, 0.1) is 0 Å². The normalized spacial score (nSPS) is 10.9. The topological polar surface area (TPSA) is 54.1 Å². The van der Waals surface area contributed by atoms with Crippen molar-refractivity contribution in [1.82, 2.24) is 10.3 Å². The van der Waals surface area contributed by atoms with E-state index >= 15 is 0 Å². The van der Waals surface area contributed by atoms with E-state index in [1.807, 2.05) is 35.7 Å². The molecule has 28 heavy (non-hydrogen) atoms. The third-order valence-electron chi connectivity index (χ3n) is 4.42. The van der Waals surface area contributed by atoms with Crippen LogP contribution in [-0.2, 0) is 0 Å². The highest BCUT2D eigenvalue weighted by Gasteiger charge is 2.14. The fraction of sp³-hybridized carbons (Fsp3) is 0.136. The molecule has 142 valence electrons. The van der Waals surface area contributed by atoms with Gasteiger partial charge < -0.3 is 15.0 Å². The largest absolute Gasteiger partial charge is 0.497 e. The highest BCUT2D eigenvalue weighted by atomic mass is 32.2. The Kier molecular flexibility index (Phi) is 5.69. The third-order valence-corrected chi connectivity index (χ3v) is 6.41. The highest BCUT2D eigenvalue weighted by molar-refractivity contribution is 7.99. The van der Waals surface area contributed by atoms with Crippen molar-refractivity contribution in [3.8, 4) is 17.0 Å². The van der Waals surface area contributed by atoms with Gasteiger partial charge in [0.1, 0.15) is 5.75 Å². The number of thioether (sulfide) groups is 1. The van der Waals surface area contributed by atoms with E-state index in [1.165, 1.54) is 21.6 Å². The summed E-state index contributed by atoms with van der Waals surface area (Å²) in [4.78, 5) is 17.6. The second-order valence-corrected chi connectivity index (χ2v) is 8.24. The van der Waals surface area contributed by atoms with Gasteiger partial charge in [-0.2, -0.15) is 0 Å². The number of hydrogen-bond acceptors (Lipinski definition) is 4. The molecule has 4 rings (SSSR count). The fourth-order valence-electron chi connectivity index (χ4n) is 3.04. The number of ether oxygens (including phenoxy) is 1. The lowest BCUT2D eigenvalue weighted by Gasteiger charge is -2.07. The Bertz CT molecular complexity index is 1070. The van der Waals surface area contributed by atoms with E-state index < -0.39 is 0 Å². The Balaban J connectivity index is 1.52. The number of carbonyl (C=O) groups excluding carboxylic acids is 1. The summed E-state index contributed by atoms with van der Waals surface area (Å²) < 4.78 is 5.27. The van der Waals surface area contributed by atoms with Crippen molar-refractivity contribution < 1.29 is 9.53 Å². The maximum Gasteiger partial charge on any atom is 0.261 e. The second-order valence-electron chi connectivity index (χ2n) is 6.18. The van der Waals surface area contributed by atoms with Crippen LogP contribution >= 0.6 is 23.1 Å². The van der Waals surface area contributed by atoms with Gasteiger partial charge >= 0.3 is 0 Å². The van der Waals surface area contributed by atoms with Crippen LogP contribution in [0.3, 0.4) is 0 Å². The molecule has 0 radical (unpaired) electrons. The number of para-hydroxylation sites is 1. The van der Waals surface area contributed by atoms with E-state index in [9.17, 15) is 4.79 Å². The first-order valence-corrected chi connectivity index (χ1v) is 10.8. The molecule has 0 fully saturated rings. The van der Waals surface area contributed by atoms with Gasteiger partial charge in [0.25, 0.3) is 5.91 Å². The van der Waals surface area contributed by atoms with Gasteiger partial charge in [-0.15, -0.1) is 23.1 Å². The van der Waals surface area contributed by atoms with Gasteiger partial charge in [0.15, 0.2) is 0 Å². The second kappa shape index (κ2) is 8.54. The van der Waals surface area contributed by atoms with E-state index in [1.54, 1.807) is 18.9 Å². The van der Waals surface area contributed by atoms with Crippen molar-refractivity contribution in [3.05, 3.63) is 70.9 Å². The zero-order valence-electron chi connectivity index (χ0n) is 15.4. The molecule has 2 aromatic carbocycles. The summed E-state index contributed by atoms with van der Waals surface area (Å²) in [6.07, 6.45) is 0. The summed E-state index contributed by atoms with van der Waals surface area (Å²) in [6.45, 7) is 0.614. The average molecular weight is 409 g/mol. The molecule has 0 saturated carbocycles. The molecule has 0 saturated heterocycles.